The fourth-order valence-electron chi connectivity index (χ4n) is 1.72. The van der Waals surface area contributed by atoms with Gasteiger partial charge in [0.15, 0.2) is 0 Å². The molecule has 0 radical (unpaired) electrons. The summed E-state index contributed by atoms with van der Waals surface area (Å²) in [6.07, 6.45) is 0. The van der Waals surface area contributed by atoms with Crippen molar-refractivity contribution in [2.45, 2.75) is 5.75 Å². The standard InChI is InChI=1S/C15H13Cl2NO2S/c16-11-5-6-13(17)10(7-11)8-21-9-18-14-4-2-1-3-12(14)15(19)20/h1-7,9,18,21H,8H2,(H,19,20). The van der Waals surface area contributed by atoms with Crippen LogP contribution >= 0.6 is 34.6 Å². The molecule has 0 bridgehead atoms. The van der Waals surface area contributed by atoms with Crippen LogP contribution in [0.5, 0.6) is 0 Å². The van der Waals surface area contributed by atoms with Gasteiger partial charge in [0, 0.05) is 21.3 Å². The SMILES string of the molecule is O=C(O)c1ccccc1NC=[SH]Cc1cc(Cl)ccc1Cl. The third kappa shape index (κ3) is 4.49. The van der Waals surface area contributed by atoms with Crippen LogP contribution in [0.1, 0.15) is 15.9 Å². The minimum absolute atomic E-state index is 0.240. The maximum absolute atomic E-state index is 11.1. The van der Waals surface area contributed by atoms with Crippen molar-refractivity contribution >= 4 is 51.7 Å². The van der Waals surface area contributed by atoms with Crippen molar-refractivity contribution in [3.63, 3.8) is 0 Å². The van der Waals surface area contributed by atoms with Gasteiger partial charge in [0.25, 0.3) is 0 Å². The number of carboxylic acids is 1. The van der Waals surface area contributed by atoms with Crippen molar-refractivity contribution < 1.29 is 9.90 Å². The number of aromatic carboxylic acids is 1. The molecule has 110 valence electrons. The average Bonchev–Trinajstić information content (AvgIpc) is 2.47. The molecule has 2 N–H and O–H groups in total. The second-order valence-electron chi connectivity index (χ2n) is 4.20. The molecule has 0 spiro atoms. The lowest BCUT2D eigenvalue weighted by atomic mass is 10.2. The van der Waals surface area contributed by atoms with Crippen molar-refractivity contribution in [1.82, 2.24) is 0 Å². The number of hydrogen-bond donors (Lipinski definition) is 3. The monoisotopic (exact) mass is 341 g/mol. The lowest BCUT2D eigenvalue weighted by Crippen LogP contribution is -2.03. The summed E-state index contributed by atoms with van der Waals surface area (Å²) in [5, 5.41) is 13.4. The van der Waals surface area contributed by atoms with Gasteiger partial charge in [0.2, 0.25) is 0 Å². The number of carboxylic acid groups (broad SMARTS) is 1. The zero-order valence-electron chi connectivity index (χ0n) is 10.9. The van der Waals surface area contributed by atoms with Gasteiger partial charge >= 0.3 is 5.97 Å². The molecule has 0 saturated heterocycles. The molecule has 0 aliphatic rings. The van der Waals surface area contributed by atoms with Crippen molar-refractivity contribution in [3.05, 3.63) is 63.6 Å². The van der Waals surface area contributed by atoms with Gasteiger partial charge in [-0.2, -0.15) is 11.4 Å². The largest absolute Gasteiger partial charge is 0.478 e. The van der Waals surface area contributed by atoms with E-state index in [1.54, 1.807) is 41.9 Å². The quantitative estimate of drug-likeness (QED) is 0.553. The predicted octanol–water partition coefficient (Wildman–Crippen LogP) is 4.53. The highest BCUT2D eigenvalue weighted by atomic mass is 35.5. The van der Waals surface area contributed by atoms with Crippen LogP contribution < -0.4 is 5.32 Å². The Morgan fingerprint density at radius 1 is 1.24 bits per heavy atom. The highest BCUT2D eigenvalue weighted by molar-refractivity contribution is 7.96. The smallest absolute Gasteiger partial charge is 0.337 e. The second kappa shape index (κ2) is 7.50. The van der Waals surface area contributed by atoms with Crippen molar-refractivity contribution in [2.24, 2.45) is 0 Å². The van der Waals surface area contributed by atoms with E-state index in [9.17, 15) is 4.79 Å². The number of benzene rings is 2. The molecule has 0 fully saturated rings. The van der Waals surface area contributed by atoms with E-state index in [0.29, 0.717) is 21.5 Å². The molecule has 0 atom stereocenters. The molecule has 0 aliphatic heterocycles. The Labute approximate surface area is 136 Å². The van der Waals surface area contributed by atoms with E-state index in [1.807, 2.05) is 6.07 Å². The number of anilines is 1. The molecule has 0 unspecified atom stereocenters. The second-order valence-corrected chi connectivity index (χ2v) is 5.98. The molecule has 0 aliphatic carbocycles. The third-order valence-electron chi connectivity index (χ3n) is 2.74. The Hall–Kier alpha value is -1.49. The molecule has 2 rings (SSSR count). The average molecular weight is 342 g/mol. The molecule has 2 aromatic carbocycles. The van der Waals surface area contributed by atoms with Gasteiger partial charge in [-0.05, 0) is 35.9 Å². The lowest BCUT2D eigenvalue weighted by Gasteiger charge is -2.05. The third-order valence-corrected chi connectivity index (χ3v) is 4.18. The van der Waals surface area contributed by atoms with Crippen molar-refractivity contribution in [1.29, 1.82) is 0 Å². The van der Waals surface area contributed by atoms with Crippen LogP contribution in [-0.4, -0.2) is 16.6 Å². The number of rotatable bonds is 5. The number of carbonyl (C=O) groups is 1. The van der Waals surface area contributed by atoms with E-state index in [1.165, 1.54) is 0 Å². The number of thiol groups is 1. The fraction of sp³-hybridized carbons (Fsp3) is 0.0667. The molecule has 6 heteroatoms. The first-order valence-corrected chi connectivity index (χ1v) is 7.99. The first kappa shape index (κ1) is 15.9. The van der Waals surface area contributed by atoms with E-state index in [2.05, 4.69) is 5.32 Å². The normalized spacial score (nSPS) is 11.1. The highest BCUT2D eigenvalue weighted by Gasteiger charge is 2.06. The minimum Gasteiger partial charge on any atom is -0.478 e. The van der Waals surface area contributed by atoms with Gasteiger partial charge < -0.3 is 10.4 Å². The Morgan fingerprint density at radius 2 is 2.00 bits per heavy atom. The van der Waals surface area contributed by atoms with E-state index < -0.39 is 5.97 Å². The van der Waals surface area contributed by atoms with Gasteiger partial charge in [-0.25, -0.2) is 4.79 Å². The number of para-hydroxylation sites is 1. The summed E-state index contributed by atoms with van der Waals surface area (Å²) in [5.74, 6) is -0.261. The van der Waals surface area contributed by atoms with E-state index >= 15 is 0 Å². The molecule has 0 amide bonds. The summed E-state index contributed by atoms with van der Waals surface area (Å²) in [6.45, 7) is 0. The van der Waals surface area contributed by atoms with Gasteiger partial charge in [0.05, 0.1) is 11.3 Å². The molecule has 3 nitrogen and oxygen atoms in total. The maximum atomic E-state index is 11.1. The fourth-order valence-corrected chi connectivity index (χ4v) is 2.97. The number of nitrogens with one attached hydrogen (secondary N) is 1. The number of halogens is 2. The van der Waals surface area contributed by atoms with E-state index in [-0.39, 0.29) is 5.56 Å². The molecule has 21 heavy (non-hydrogen) atoms. The van der Waals surface area contributed by atoms with E-state index in [4.69, 9.17) is 28.3 Å². The first-order valence-electron chi connectivity index (χ1n) is 6.09. The predicted molar refractivity (Wildman–Crippen MR) is 92.2 cm³/mol. The lowest BCUT2D eigenvalue weighted by molar-refractivity contribution is 0.0698. The molecule has 0 heterocycles. The summed E-state index contributed by atoms with van der Waals surface area (Å²) in [4.78, 5) is 11.1. The zero-order valence-corrected chi connectivity index (χ0v) is 13.3. The summed E-state index contributed by atoms with van der Waals surface area (Å²) < 4.78 is 0. The Bertz CT molecular complexity index is 689. The molecule has 2 aromatic rings. The first-order chi connectivity index (χ1) is 10.1. The van der Waals surface area contributed by atoms with Crippen LogP contribution in [0.2, 0.25) is 10.0 Å². The highest BCUT2D eigenvalue weighted by Crippen LogP contribution is 2.22. The Balaban J connectivity index is 2.03. The Kier molecular flexibility index (Phi) is 5.67. The molecule has 0 aromatic heterocycles. The summed E-state index contributed by atoms with van der Waals surface area (Å²) in [6, 6.07) is 12.1. The van der Waals surface area contributed by atoms with Crippen LogP contribution in [0.4, 0.5) is 5.69 Å². The van der Waals surface area contributed by atoms with Crippen LogP contribution in [0.25, 0.3) is 0 Å². The van der Waals surface area contributed by atoms with E-state index in [0.717, 1.165) is 16.9 Å². The van der Waals surface area contributed by atoms with Crippen molar-refractivity contribution in [3.8, 4) is 0 Å². The molecular weight excluding hydrogens is 329 g/mol. The van der Waals surface area contributed by atoms with Gasteiger partial charge in [-0.1, -0.05) is 35.3 Å². The summed E-state index contributed by atoms with van der Waals surface area (Å²) in [7, 11) is 0. The van der Waals surface area contributed by atoms with Crippen LogP contribution in [-0.2, 0) is 5.75 Å². The summed E-state index contributed by atoms with van der Waals surface area (Å²) in [5.41, 5.74) is 3.55. The van der Waals surface area contributed by atoms with Gasteiger partial charge in [-0.3, -0.25) is 0 Å². The summed E-state index contributed by atoms with van der Waals surface area (Å²) >= 11 is 13.0. The van der Waals surface area contributed by atoms with Crippen molar-refractivity contribution in [2.75, 3.05) is 5.32 Å². The van der Waals surface area contributed by atoms with Gasteiger partial charge in [0.1, 0.15) is 0 Å². The topological polar surface area (TPSA) is 49.3 Å². The molecule has 0 saturated carbocycles. The zero-order chi connectivity index (χ0) is 15.2. The van der Waals surface area contributed by atoms with Crippen LogP contribution in [0, 0.1) is 0 Å². The maximum Gasteiger partial charge on any atom is 0.337 e. The van der Waals surface area contributed by atoms with Gasteiger partial charge in [-0.15, -0.1) is 0 Å². The molecular formula is C15H13Cl2NO2S. The Morgan fingerprint density at radius 3 is 2.76 bits per heavy atom. The van der Waals surface area contributed by atoms with Crippen LogP contribution in [0.3, 0.4) is 0 Å². The minimum atomic E-state index is -0.957. The van der Waals surface area contributed by atoms with Crippen LogP contribution in [0.15, 0.2) is 42.5 Å². The number of hydrogen-bond acceptors (Lipinski definition) is 1.